The third kappa shape index (κ3) is 7.17. The molecular weight excluding hydrogens is 530 g/mol. The zero-order valence-corrected chi connectivity index (χ0v) is 20.6. The minimum Gasteiger partial charge on any atom is -0.442 e. The topological polar surface area (TPSA) is 167 Å². The number of halogens is 1. The predicted octanol–water partition coefficient (Wildman–Crippen LogP) is 1.98. The molecule has 1 fully saturated rings. The van der Waals surface area contributed by atoms with Gasteiger partial charge in [0, 0.05) is 11.6 Å². The number of carbonyl (C=O) groups excluding carboxylic acids is 3. The molecule has 194 valence electrons. The lowest BCUT2D eigenvalue weighted by molar-refractivity contribution is -0.118. The van der Waals surface area contributed by atoms with E-state index in [0.29, 0.717) is 10.6 Å². The first-order chi connectivity index (χ1) is 17.6. The van der Waals surface area contributed by atoms with Gasteiger partial charge in [-0.25, -0.2) is 19.2 Å². The van der Waals surface area contributed by atoms with Crippen LogP contribution in [-0.2, 0) is 18.9 Å². The van der Waals surface area contributed by atoms with Crippen molar-refractivity contribution >= 4 is 54.3 Å². The number of hydrogen-bond donors (Lipinski definition) is 4. The molecule has 0 spiro atoms. The third-order valence-electron chi connectivity index (χ3n) is 5.03. The van der Waals surface area contributed by atoms with Gasteiger partial charge >= 0.3 is 13.9 Å². The van der Waals surface area contributed by atoms with Crippen molar-refractivity contribution < 1.29 is 42.4 Å². The normalized spacial score (nSPS) is 17.9. The molecule has 3 amide bonds. The van der Waals surface area contributed by atoms with Gasteiger partial charge in [-0.15, -0.1) is 0 Å². The Hall–Kier alpha value is -3.71. The minimum absolute atomic E-state index is 0.0211. The Labute approximate surface area is 213 Å². The SMILES string of the molecule is O=C(C=Cc1ccc(OP(=O)(O)O)cc1)NC[C@H]1CN(c2ccc(C3=NNC(=O)CS3)c(F)c2)C(=O)O1. The molecule has 37 heavy (non-hydrogen) atoms. The monoisotopic (exact) mass is 550 g/mol. The number of thioether (sulfide) groups is 1. The number of ether oxygens (including phenoxy) is 1. The number of nitrogens with zero attached hydrogens (tertiary/aromatic N) is 2. The highest BCUT2D eigenvalue weighted by Crippen LogP contribution is 2.37. The fourth-order valence-corrected chi connectivity index (χ4v) is 4.52. The van der Waals surface area contributed by atoms with Gasteiger partial charge in [0.1, 0.15) is 22.7 Å². The Morgan fingerprint density at radius 3 is 2.70 bits per heavy atom. The fraction of sp³-hybridized carbons (Fsp3) is 0.182. The number of rotatable bonds is 8. The molecule has 1 atom stereocenters. The summed E-state index contributed by atoms with van der Waals surface area (Å²) in [6.07, 6.45) is 1.38. The lowest BCUT2D eigenvalue weighted by atomic mass is 10.2. The second-order valence-electron chi connectivity index (χ2n) is 7.75. The molecule has 2 aromatic carbocycles. The first-order valence-corrected chi connectivity index (χ1v) is 13.2. The quantitative estimate of drug-likeness (QED) is 0.284. The number of hydrogen-bond acceptors (Lipinski definition) is 8. The third-order valence-corrected chi connectivity index (χ3v) is 6.47. The molecule has 12 nitrogen and oxygen atoms in total. The van der Waals surface area contributed by atoms with Crippen molar-refractivity contribution in [2.45, 2.75) is 6.10 Å². The summed E-state index contributed by atoms with van der Waals surface area (Å²) < 4.78 is 35.2. The van der Waals surface area contributed by atoms with Gasteiger partial charge in [-0.2, -0.15) is 5.10 Å². The average Bonchev–Trinajstić information content (AvgIpc) is 3.22. The van der Waals surface area contributed by atoms with Crippen LogP contribution in [0, 0.1) is 5.82 Å². The molecule has 2 heterocycles. The van der Waals surface area contributed by atoms with Gasteiger partial charge in [0.05, 0.1) is 24.5 Å². The number of anilines is 1. The van der Waals surface area contributed by atoms with E-state index in [4.69, 9.17) is 14.5 Å². The van der Waals surface area contributed by atoms with E-state index in [0.717, 1.165) is 11.8 Å². The zero-order chi connectivity index (χ0) is 26.6. The maximum Gasteiger partial charge on any atom is 0.524 e. The maximum atomic E-state index is 14.7. The molecule has 0 aliphatic carbocycles. The molecule has 2 aromatic rings. The largest absolute Gasteiger partial charge is 0.524 e. The maximum absolute atomic E-state index is 14.7. The Bertz CT molecular complexity index is 1330. The highest BCUT2D eigenvalue weighted by Gasteiger charge is 2.33. The van der Waals surface area contributed by atoms with Gasteiger partial charge < -0.3 is 14.6 Å². The van der Waals surface area contributed by atoms with E-state index in [2.05, 4.69) is 20.4 Å². The highest BCUT2D eigenvalue weighted by atomic mass is 32.2. The summed E-state index contributed by atoms with van der Waals surface area (Å²) in [6.45, 7) is 0.114. The van der Waals surface area contributed by atoms with E-state index in [9.17, 15) is 23.3 Å². The van der Waals surface area contributed by atoms with Crippen LogP contribution in [0.15, 0.2) is 53.6 Å². The summed E-state index contributed by atoms with van der Waals surface area (Å²) >= 11 is 1.10. The Morgan fingerprint density at radius 1 is 1.30 bits per heavy atom. The number of cyclic esters (lactones) is 1. The van der Waals surface area contributed by atoms with Crippen molar-refractivity contribution in [2.75, 3.05) is 23.7 Å². The summed E-state index contributed by atoms with van der Waals surface area (Å²) in [6, 6.07) is 9.88. The van der Waals surface area contributed by atoms with Gasteiger partial charge in [-0.3, -0.25) is 24.3 Å². The number of phosphoric acid groups is 1. The summed E-state index contributed by atoms with van der Waals surface area (Å²) in [5.74, 6) is -1.24. The molecule has 2 aliphatic heterocycles. The van der Waals surface area contributed by atoms with Crippen LogP contribution in [0.4, 0.5) is 14.9 Å². The molecule has 4 rings (SSSR count). The minimum atomic E-state index is -4.65. The summed E-state index contributed by atoms with van der Waals surface area (Å²) in [4.78, 5) is 54.5. The molecule has 0 unspecified atom stereocenters. The number of carbonyl (C=O) groups is 3. The molecule has 4 N–H and O–H groups in total. The van der Waals surface area contributed by atoms with E-state index in [-0.39, 0.29) is 41.7 Å². The van der Waals surface area contributed by atoms with E-state index < -0.39 is 31.7 Å². The first-order valence-electron chi connectivity index (χ1n) is 10.7. The molecule has 15 heteroatoms. The smallest absolute Gasteiger partial charge is 0.442 e. The zero-order valence-electron chi connectivity index (χ0n) is 18.9. The first kappa shape index (κ1) is 26.4. The number of nitrogens with one attached hydrogen (secondary N) is 2. The van der Waals surface area contributed by atoms with Gasteiger partial charge in [0.2, 0.25) is 5.91 Å². The second kappa shape index (κ2) is 11.1. The van der Waals surface area contributed by atoms with Crippen LogP contribution in [0.25, 0.3) is 6.08 Å². The molecule has 0 saturated carbocycles. The van der Waals surface area contributed by atoms with Crippen LogP contribution in [0.1, 0.15) is 11.1 Å². The van der Waals surface area contributed by atoms with Crippen molar-refractivity contribution in [2.24, 2.45) is 5.10 Å². The molecule has 1 saturated heterocycles. The summed E-state index contributed by atoms with van der Waals surface area (Å²) in [5.41, 5.74) is 3.35. The van der Waals surface area contributed by atoms with Crippen molar-refractivity contribution in [3.05, 3.63) is 65.5 Å². The predicted molar refractivity (Wildman–Crippen MR) is 132 cm³/mol. The Kier molecular flexibility index (Phi) is 7.93. The fourth-order valence-electron chi connectivity index (χ4n) is 3.36. The van der Waals surface area contributed by atoms with Crippen molar-refractivity contribution in [3.8, 4) is 5.75 Å². The molecule has 0 bridgehead atoms. The van der Waals surface area contributed by atoms with Crippen LogP contribution in [0.2, 0.25) is 0 Å². The number of amides is 3. The number of hydrazone groups is 1. The van der Waals surface area contributed by atoms with E-state index >= 15 is 0 Å². The molecule has 2 aliphatic rings. The molecule has 0 aromatic heterocycles. The molecule has 0 radical (unpaired) electrons. The average molecular weight is 550 g/mol. The standard InChI is InChI=1S/C22H20FN4O8PS/c23-18-9-14(4-7-17(18)21-26-25-20(29)12-37-21)27-11-16(34-22(27)30)10-24-19(28)8-3-13-1-5-15(6-2-13)35-36(31,32)33/h1-9,16H,10-12H2,(H,24,28)(H,25,29)(H2,31,32,33)/t16-/m0/s1. The van der Waals surface area contributed by atoms with Crippen molar-refractivity contribution in [3.63, 3.8) is 0 Å². The number of benzene rings is 2. The van der Waals surface area contributed by atoms with Crippen LogP contribution in [0.5, 0.6) is 5.75 Å². The van der Waals surface area contributed by atoms with Crippen LogP contribution < -0.4 is 20.2 Å². The summed E-state index contributed by atoms with van der Waals surface area (Å²) in [5, 5.41) is 6.78. The van der Waals surface area contributed by atoms with E-state index in [1.54, 1.807) is 6.07 Å². The number of phosphoric ester groups is 1. The van der Waals surface area contributed by atoms with Gasteiger partial charge in [-0.05, 0) is 42.0 Å². The van der Waals surface area contributed by atoms with Crippen molar-refractivity contribution in [1.82, 2.24) is 10.7 Å². The molecular formula is C22H20FN4O8PS. The van der Waals surface area contributed by atoms with E-state index in [1.165, 1.54) is 53.5 Å². The lowest BCUT2D eigenvalue weighted by Gasteiger charge is -2.16. The van der Waals surface area contributed by atoms with Crippen LogP contribution in [-0.4, -0.2) is 57.7 Å². The summed E-state index contributed by atoms with van der Waals surface area (Å²) in [7, 11) is -4.65. The van der Waals surface area contributed by atoms with E-state index in [1.807, 2.05) is 0 Å². The second-order valence-corrected chi connectivity index (χ2v) is 9.88. The van der Waals surface area contributed by atoms with Gasteiger partial charge in [0.25, 0.3) is 5.91 Å². The lowest BCUT2D eigenvalue weighted by Crippen LogP contribution is -2.33. The van der Waals surface area contributed by atoms with Gasteiger partial charge in [-0.1, -0.05) is 23.9 Å². The Morgan fingerprint density at radius 2 is 2.05 bits per heavy atom. The Balaban J connectivity index is 1.29. The van der Waals surface area contributed by atoms with Crippen LogP contribution in [0.3, 0.4) is 0 Å². The van der Waals surface area contributed by atoms with Crippen molar-refractivity contribution in [1.29, 1.82) is 0 Å². The van der Waals surface area contributed by atoms with Gasteiger partial charge in [0.15, 0.2) is 0 Å². The van der Waals surface area contributed by atoms with Crippen LogP contribution >= 0.6 is 19.6 Å². The highest BCUT2D eigenvalue weighted by molar-refractivity contribution is 8.15.